The Morgan fingerprint density at radius 1 is 1.12 bits per heavy atom. The first-order valence-electron chi connectivity index (χ1n) is 9.17. The third kappa shape index (κ3) is 7.16. The standard InChI is InChI=1S/C20H30N2O3/c1-20(2,3)25-19(24)22-14-16-10-7-11-17(12-16)18(23)21-13-15-8-5-4-6-9-15/h7,10-12,15H,4-6,8-9,13-14H2,1-3H3,(H,21,23)(H,22,24). The summed E-state index contributed by atoms with van der Waals surface area (Å²) in [5.41, 5.74) is 0.973. The summed E-state index contributed by atoms with van der Waals surface area (Å²) in [6, 6.07) is 7.33. The Morgan fingerprint density at radius 3 is 2.52 bits per heavy atom. The normalized spacial score (nSPS) is 15.5. The zero-order valence-corrected chi connectivity index (χ0v) is 15.6. The zero-order valence-electron chi connectivity index (χ0n) is 15.6. The van der Waals surface area contributed by atoms with Gasteiger partial charge in [-0.3, -0.25) is 4.79 Å². The van der Waals surface area contributed by atoms with Crippen molar-refractivity contribution in [1.82, 2.24) is 10.6 Å². The van der Waals surface area contributed by atoms with Crippen LogP contribution in [-0.2, 0) is 11.3 Å². The molecule has 0 aromatic heterocycles. The molecule has 1 aliphatic rings. The smallest absolute Gasteiger partial charge is 0.407 e. The van der Waals surface area contributed by atoms with Gasteiger partial charge in [-0.05, 0) is 57.2 Å². The Hall–Kier alpha value is -2.04. The van der Waals surface area contributed by atoms with Crippen molar-refractivity contribution in [2.45, 2.75) is 65.0 Å². The Labute approximate surface area is 150 Å². The molecule has 0 spiro atoms. The number of carbonyl (C=O) groups is 2. The summed E-state index contributed by atoms with van der Waals surface area (Å²) < 4.78 is 5.21. The van der Waals surface area contributed by atoms with Crippen LogP contribution in [0.5, 0.6) is 0 Å². The van der Waals surface area contributed by atoms with Crippen LogP contribution < -0.4 is 10.6 Å². The molecule has 1 fully saturated rings. The highest BCUT2D eigenvalue weighted by molar-refractivity contribution is 5.94. The summed E-state index contributed by atoms with van der Waals surface area (Å²) in [5.74, 6) is 0.555. The van der Waals surface area contributed by atoms with Crippen molar-refractivity contribution in [3.63, 3.8) is 0 Å². The number of rotatable bonds is 5. The lowest BCUT2D eigenvalue weighted by molar-refractivity contribution is 0.0523. The molecule has 138 valence electrons. The molecule has 1 aliphatic carbocycles. The van der Waals surface area contributed by atoms with Crippen molar-refractivity contribution in [3.05, 3.63) is 35.4 Å². The number of alkyl carbamates (subject to hydrolysis) is 1. The lowest BCUT2D eigenvalue weighted by Gasteiger charge is -2.21. The van der Waals surface area contributed by atoms with Gasteiger partial charge in [0.2, 0.25) is 0 Å². The van der Waals surface area contributed by atoms with Gasteiger partial charge < -0.3 is 15.4 Å². The summed E-state index contributed by atoms with van der Waals surface area (Å²) in [7, 11) is 0. The van der Waals surface area contributed by atoms with Gasteiger partial charge >= 0.3 is 6.09 Å². The monoisotopic (exact) mass is 346 g/mol. The molecule has 2 amide bonds. The molecule has 2 N–H and O–H groups in total. The molecule has 5 heteroatoms. The van der Waals surface area contributed by atoms with Crippen molar-refractivity contribution >= 4 is 12.0 Å². The molecule has 0 atom stereocenters. The quantitative estimate of drug-likeness (QED) is 0.846. The van der Waals surface area contributed by atoms with Crippen molar-refractivity contribution in [2.24, 2.45) is 5.92 Å². The molecule has 1 saturated carbocycles. The number of hydrogen-bond donors (Lipinski definition) is 2. The lowest BCUT2D eigenvalue weighted by atomic mass is 9.89. The van der Waals surface area contributed by atoms with E-state index in [1.165, 1.54) is 32.1 Å². The highest BCUT2D eigenvalue weighted by atomic mass is 16.6. The second-order valence-corrected chi connectivity index (χ2v) is 7.77. The third-order valence-corrected chi connectivity index (χ3v) is 4.30. The average molecular weight is 346 g/mol. The second-order valence-electron chi connectivity index (χ2n) is 7.77. The lowest BCUT2D eigenvalue weighted by Crippen LogP contribution is -2.32. The predicted octanol–water partition coefficient (Wildman–Crippen LogP) is 4.02. The van der Waals surface area contributed by atoms with E-state index in [9.17, 15) is 9.59 Å². The maximum Gasteiger partial charge on any atom is 0.407 e. The number of amides is 2. The van der Waals surface area contributed by atoms with Gasteiger partial charge in [-0.15, -0.1) is 0 Å². The molecule has 0 aliphatic heterocycles. The minimum Gasteiger partial charge on any atom is -0.444 e. The van der Waals surface area contributed by atoms with E-state index in [-0.39, 0.29) is 5.91 Å². The molecule has 25 heavy (non-hydrogen) atoms. The number of ether oxygens (including phenoxy) is 1. The molecule has 0 radical (unpaired) electrons. The third-order valence-electron chi connectivity index (χ3n) is 4.30. The van der Waals surface area contributed by atoms with Gasteiger partial charge in [-0.25, -0.2) is 4.79 Å². The first kappa shape index (κ1) is 19.3. The van der Waals surface area contributed by atoms with E-state index < -0.39 is 11.7 Å². The van der Waals surface area contributed by atoms with Crippen molar-refractivity contribution in [3.8, 4) is 0 Å². The Morgan fingerprint density at radius 2 is 1.84 bits per heavy atom. The van der Waals surface area contributed by atoms with Gasteiger partial charge in [0.25, 0.3) is 5.91 Å². The Bertz CT molecular complexity index is 587. The van der Waals surface area contributed by atoms with E-state index in [1.54, 1.807) is 6.07 Å². The maximum absolute atomic E-state index is 12.3. The fourth-order valence-electron chi connectivity index (χ4n) is 3.04. The van der Waals surface area contributed by atoms with Gasteiger partial charge in [0.1, 0.15) is 5.60 Å². The van der Waals surface area contributed by atoms with Gasteiger partial charge in [0.15, 0.2) is 0 Å². The second kappa shape index (κ2) is 8.88. The highest BCUT2D eigenvalue weighted by Crippen LogP contribution is 2.22. The minimum atomic E-state index is -0.523. The summed E-state index contributed by atoms with van der Waals surface area (Å²) >= 11 is 0. The molecular formula is C20H30N2O3. The fraction of sp³-hybridized carbons (Fsp3) is 0.600. The van der Waals surface area contributed by atoms with Crippen LogP contribution in [0.4, 0.5) is 4.79 Å². The molecular weight excluding hydrogens is 316 g/mol. The number of benzene rings is 1. The van der Waals surface area contributed by atoms with Crippen LogP contribution >= 0.6 is 0 Å². The van der Waals surface area contributed by atoms with E-state index in [1.807, 2.05) is 39.0 Å². The molecule has 2 rings (SSSR count). The summed E-state index contributed by atoms with van der Waals surface area (Å²) in [6.07, 6.45) is 5.82. The highest BCUT2D eigenvalue weighted by Gasteiger charge is 2.17. The largest absolute Gasteiger partial charge is 0.444 e. The van der Waals surface area contributed by atoms with E-state index in [0.29, 0.717) is 18.0 Å². The predicted molar refractivity (Wildman–Crippen MR) is 98.4 cm³/mol. The molecule has 0 heterocycles. The molecule has 1 aromatic carbocycles. The van der Waals surface area contributed by atoms with Crippen LogP contribution in [0.1, 0.15) is 68.8 Å². The number of carbonyl (C=O) groups excluding carboxylic acids is 2. The number of nitrogens with one attached hydrogen (secondary N) is 2. The van der Waals surface area contributed by atoms with Gasteiger partial charge in [0, 0.05) is 18.7 Å². The summed E-state index contributed by atoms with van der Waals surface area (Å²) in [6.45, 7) is 6.55. The maximum atomic E-state index is 12.3. The average Bonchev–Trinajstić information content (AvgIpc) is 2.57. The molecule has 0 saturated heterocycles. The number of hydrogen-bond acceptors (Lipinski definition) is 3. The van der Waals surface area contributed by atoms with Gasteiger partial charge in [-0.2, -0.15) is 0 Å². The Balaban J connectivity index is 1.83. The SMILES string of the molecule is CC(C)(C)OC(=O)NCc1cccc(C(=O)NCC2CCCCC2)c1. The van der Waals surface area contributed by atoms with Crippen LogP contribution in [0.3, 0.4) is 0 Å². The zero-order chi connectivity index (χ0) is 18.3. The van der Waals surface area contributed by atoms with E-state index in [4.69, 9.17) is 4.74 Å². The van der Waals surface area contributed by atoms with E-state index in [0.717, 1.165) is 12.1 Å². The van der Waals surface area contributed by atoms with Crippen LogP contribution in [0.25, 0.3) is 0 Å². The summed E-state index contributed by atoms with van der Waals surface area (Å²) in [5, 5.41) is 5.75. The van der Waals surface area contributed by atoms with Crippen LogP contribution in [0, 0.1) is 5.92 Å². The van der Waals surface area contributed by atoms with Crippen LogP contribution in [0.15, 0.2) is 24.3 Å². The van der Waals surface area contributed by atoms with E-state index >= 15 is 0 Å². The first-order chi connectivity index (χ1) is 11.8. The molecule has 0 bridgehead atoms. The van der Waals surface area contributed by atoms with Crippen molar-refractivity contribution in [2.75, 3.05) is 6.54 Å². The van der Waals surface area contributed by atoms with Gasteiger partial charge in [0.05, 0.1) is 0 Å². The van der Waals surface area contributed by atoms with Crippen molar-refractivity contribution in [1.29, 1.82) is 0 Å². The molecule has 1 aromatic rings. The minimum absolute atomic E-state index is 0.0512. The fourth-order valence-corrected chi connectivity index (χ4v) is 3.04. The summed E-state index contributed by atoms with van der Waals surface area (Å²) in [4.78, 5) is 24.1. The van der Waals surface area contributed by atoms with Crippen LogP contribution in [-0.4, -0.2) is 24.1 Å². The van der Waals surface area contributed by atoms with Gasteiger partial charge in [-0.1, -0.05) is 31.4 Å². The molecule has 0 unspecified atom stereocenters. The Kier molecular flexibility index (Phi) is 6.85. The van der Waals surface area contributed by atoms with Crippen molar-refractivity contribution < 1.29 is 14.3 Å². The van der Waals surface area contributed by atoms with Crippen LogP contribution in [0.2, 0.25) is 0 Å². The van der Waals surface area contributed by atoms with E-state index in [2.05, 4.69) is 10.6 Å². The topological polar surface area (TPSA) is 67.4 Å². The first-order valence-corrected chi connectivity index (χ1v) is 9.17. The molecule has 5 nitrogen and oxygen atoms in total.